The predicted molar refractivity (Wildman–Crippen MR) is 135 cm³/mol. The molecular weight excluding hydrogens is 489 g/mol. The number of para-hydroxylation sites is 1. The smallest absolute Gasteiger partial charge is 0.298 e. The molecule has 1 aliphatic rings. The minimum Gasteiger partial charge on any atom is -0.497 e. The van der Waals surface area contributed by atoms with Crippen LogP contribution in [-0.2, 0) is 4.79 Å². The number of hydrogen-bond donors (Lipinski definition) is 0. The first kappa shape index (κ1) is 22.9. The van der Waals surface area contributed by atoms with Gasteiger partial charge in [-0.25, -0.2) is 14.0 Å². The molecule has 3 aromatic carbocycles. The first-order chi connectivity index (χ1) is 16.9. The number of imide groups is 1. The van der Waals surface area contributed by atoms with Crippen LogP contribution in [0.2, 0.25) is 5.02 Å². The third kappa shape index (κ3) is 4.45. The van der Waals surface area contributed by atoms with Crippen LogP contribution in [0.15, 0.2) is 83.9 Å². The van der Waals surface area contributed by atoms with Crippen molar-refractivity contribution in [2.45, 2.75) is 0 Å². The molecule has 174 valence electrons. The molecule has 2 heterocycles. The zero-order valence-electron chi connectivity index (χ0n) is 18.3. The molecule has 0 saturated carbocycles. The van der Waals surface area contributed by atoms with Gasteiger partial charge in [0.2, 0.25) is 0 Å². The molecule has 35 heavy (non-hydrogen) atoms. The molecular formula is C26H17ClFN3O3S. The predicted octanol–water partition coefficient (Wildman–Crippen LogP) is 6.58. The van der Waals surface area contributed by atoms with Gasteiger partial charge in [0.05, 0.1) is 34.1 Å². The van der Waals surface area contributed by atoms with Crippen molar-refractivity contribution in [1.29, 1.82) is 0 Å². The highest BCUT2D eigenvalue weighted by Crippen LogP contribution is 2.38. The van der Waals surface area contributed by atoms with E-state index in [-0.39, 0.29) is 15.6 Å². The van der Waals surface area contributed by atoms with Gasteiger partial charge in [-0.2, -0.15) is 5.10 Å². The van der Waals surface area contributed by atoms with Gasteiger partial charge in [0, 0.05) is 17.3 Å². The standard InChI is InChI=1S/C26H17ClFN3O3S/c1-34-20-10-7-16(8-11-20)24-17(15-30(29-24)18-5-3-2-4-6-18)13-23-25(32)31(26(33)35-23)19-9-12-22(28)21(27)14-19/h2-15H,1H3/b23-13-. The van der Waals surface area contributed by atoms with Crippen LogP contribution < -0.4 is 9.64 Å². The molecule has 5 rings (SSSR count). The number of ether oxygens (including phenoxy) is 1. The van der Waals surface area contributed by atoms with Gasteiger partial charge < -0.3 is 4.74 Å². The SMILES string of the molecule is COc1ccc(-c2nn(-c3ccccc3)cc2/C=C2\SC(=O)N(c3ccc(F)c(Cl)c3)C2=O)cc1. The number of hydrogen-bond acceptors (Lipinski definition) is 5. The van der Waals surface area contributed by atoms with E-state index in [4.69, 9.17) is 21.4 Å². The van der Waals surface area contributed by atoms with E-state index in [0.29, 0.717) is 17.0 Å². The highest BCUT2D eigenvalue weighted by molar-refractivity contribution is 8.19. The van der Waals surface area contributed by atoms with Crippen molar-refractivity contribution in [3.8, 4) is 22.7 Å². The number of anilines is 1. The topological polar surface area (TPSA) is 64.4 Å². The average molecular weight is 506 g/mol. The van der Waals surface area contributed by atoms with Crippen molar-refractivity contribution >= 4 is 46.3 Å². The van der Waals surface area contributed by atoms with Crippen molar-refractivity contribution in [2.75, 3.05) is 12.0 Å². The Bertz CT molecular complexity index is 1470. The fourth-order valence-corrected chi connectivity index (χ4v) is 4.64. The fraction of sp³-hybridized carbons (Fsp3) is 0.0385. The maximum Gasteiger partial charge on any atom is 0.298 e. The van der Waals surface area contributed by atoms with Gasteiger partial charge in [-0.1, -0.05) is 29.8 Å². The van der Waals surface area contributed by atoms with Gasteiger partial charge in [0.1, 0.15) is 11.6 Å². The third-order valence-corrected chi connectivity index (χ3v) is 6.53. The van der Waals surface area contributed by atoms with E-state index in [0.717, 1.165) is 34.0 Å². The number of halogens is 2. The van der Waals surface area contributed by atoms with Crippen LogP contribution in [0.3, 0.4) is 0 Å². The second-order valence-electron chi connectivity index (χ2n) is 7.56. The van der Waals surface area contributed by atoms with Crippen LogP contribution in [0, 0.1) is 5.82 Å². The Morgan fingerprint density at radius 3 is 2.43 bits per heavy atom. The molecule has 0 aliphatic carbocycles. The van der Waals surface area contributed by atoms with Crippen molar-refractivity contribution < 1.29 is 18.7 Å². The van der Waals surface area contributed by atoms with Gasteiger partial charge in [0.25, 0.3) is 11.1 Å². The fourth-order valence-electron chi connectivity index (χ4n) is 3.63. The lowest BCUT2D eigenvalue weighted by atomic mass is 10.1. The molecule has 2 amide bonds. The zero-order chi connectivity index (χ0) is 24.5. The van der Waals surface area contributed by atoms with Crippen molar-refractivity contribution in [3.63, 3.8) is 0 Å². The minimum absolute atomic E-state index is 0.170. The molecule has 0 bridgehead atoms. The summed E-state index contributed by atoms with van der Waals surface area (Å²) < 4.78 is 20.6. The number of methoxy groups -OCH3 is 1. The highest BCUT2D eigenvalue weighted by Gasteiger charge is 2.37. The molecule has 1 aliphatic heterocycles. The molecule has 0 unspecified atom stereocenters. The average Bonchev–Trinajstić information content (AvgIpc) is 3.42. The summed E-state index contributed by atoms with van der Waals surface area (Å²) in [6.45, 7) is 0. The normalized spacial score (nSPS) is 14.7. The van der Waals surface area contributed by atoms with E-state index in [9.17, 15) is 14.0 Å². The van der Waals surface area contributed by atoms with Gasteiger partial charge in [-0.15, -0.1) is 0 Å². The summed E-state index contributed by atoms with van der Waals surface area (Å²) in [4.78, 5) is 27.1. The summed E-state index contributed by atoms with van der Waals surface area (Å²) in [5.41, 5.74) is 3.15. The van der Waals surface area contributed by atoms with Gasteiger partial charge in [0.15, 0.2) is 0 Å². The summed E-state index contributed by atoms with van der Waals surface area (Å²) >= 11 is 6.66. The quantitative estimate of drug-likeness (QED) is 0.287. The molecule has 0 atom stereocenters. The first-order valence-electron chi connectivity index (χ1n) is 10.5. The molecule has 0 radical (unpaired) electrons. The van der Waals surface area contributed by atoms with Crippen LogP contribution in [0.5, 0.6) is 5.75 Å². The maximum atomic E-state index is 13.6. The minimum atomic E-state index is -0.629. The molecule has 6 nitrogen and oxygen atoms in total. The van der Waals surface area contributed by atoms with Crippen LogP contribution in [0.25, 0.3) is 23.0 Å². The van der Waals surface area contributed by atoms with E-state index in [2.05, 4.69) is 0 Å². The number of carbonyl (C=O) groups excluding carboxylic acids is 2. The number of thioether (sulfide) groups is 1. The Hall–Kier alpha value is -3.88. The monoisotopic (exact) mass is 505 g/mol. The van der Waals surface area contributed by atoms with Crippen molar-refractivity contribution in [3.05, 3.63) is 100 Å². The Kier molecular flexibility index (Phi) is 6.15. The molecule has 0 N–H and O–H groups in total. The highest BCUT2D eigenvalue weighted by atomic mass is 35.5. The lowest BCUT2D eigenvalue weighted by Crippen LogP contribution is -2.27. The molecule has 1 fully saturated rings. The van der Waals surface area contributed by atoms with E-state index < -0.39 is 17.0 Å². The molecule has 1 aromatic heterocycles. The summed E-state index contributed by atoms with van der Waals surface area (Å²) in [5.74, 6) is -0.442. The van der Waals surface area contributed by atoms with Gasteiger partial charge >= 0.3 is 0 Å². The summed E-state index contributed by atoms with van der Waals surface area (Å²) in [7, 11) is 1.59. The number of benzene rings is 3. The van der Waals surface area contributed by atoms with Crippen LogP contribution >= 0.6 is 23.4 Å². The Balaban J connectivity index is 1.57. The second-order valence-corrected chi connectivity index (χ2v) is 8.96. The van der Waals surface area contributed by atoms with Crippen LogP contribution in [0.4, 0.5) is 14.9 Å². The molecule has 0 spiro atoms. The number of aromatic nitrogens is 2. The van der Waals surface area contributed by atoms with Crippen LogP contribution in [0.1, 0.15) is 5.56 Å². The largest absolute Gasteiger partial charge is 0.497 e. The first-order valence-corrected chi connectivity index (χ1v) is 11.7. The number of carbonyl (C=O) groups is 2. The number of rotatable bonds is 5. The third-order valence-electron chi connectivity index (χ3n) is 5.37. The van der Waals surface area contributed by atoms with Crippen molar-refractivity contribution in [1.82, 2.24) is 9.78 Å². The van der Waals surface area contributed by atoms with Crippen LogP contribution in [-0.4, -0.2) is 28.0 Å². The summed E-state index contributed by atoms with van der Waals surface area (Å²) in [5, 5.41) is 4.08. The van der Waals surface area contributed by atoms with E-state index in [1.54, 1.807) is 24.1 Å². The zero-order valence-corrected chi connectivity index (χ0v) is 19.9. The molecule has 9 heteroatoms. The lowest BCUT2D eigenvalue weighted by molar-refractivity contribution is -0.113. The maximum absolute atomic E-state index is 13.6. The van der Waals surface area contributed by atoms with Gasteiger partial charge in [-0.3, -0.25) is 9.59 Å². The Morgan fingerprint density at radius 2 is 1.74 bits per heavy atom. The number of amides is 2. The van der Waals surface area contributed by atoms with Gasteiger partial charge in [-0.05, 0) is 72.4 Å². The van der Waals surface area contributed by atoms with Crippen molar-refractivity contribution in [2.24, 2.45) is 0 Å². The molecule has 1 saturated heterocycles. The van der Waals surface area contributed by atoms with E-state index in [1.807, 2.05) is 54.6 Å². The Labute approximate surface area is 209 Å². The summed E-state index contributed by atoms with van der Waals surface area (Å²) in [6.07, 6.45) is 3.44. The lowest BCUT2D eigenvalue weighted by Gasteiger charge is -2.12. The van der Waals surface area contributed by atoms with E-state index >= 15 is 0 Å². The summed E-state index contributed by atoms with van der Waals surface area (Å²) in [6, 6.07) is 20.7. The molecule has 4 aromatic rings. The van der Waals surface area contributed by atoms with E-state index in [1.165, 1.54) is 12.1 Å². The Morgan fingerprint density at radius 1 is 1.00 bits per heavy atom. The second kappa shape index (κ2) is 9.40. The number of nitrogens with zero attached hydrogens (tertiary/aromatic N) is 3.